The van der Waals surface area contributed by atoms with Gasteiger partial charge in [-0.1, -0.05) is 13.8 Å². The lowest BCUT2D eigenvalue weighted by molar-refractivity contribution is -0.151. The molecule has 2 rings (SSSR count). The van der Waals surface area contributed by atoms with E-state index in [9.17, 15) is 0 Å². The van der Waals surface area contributed by atoms with Crippen molar-refractivity contribution in [2.45, 2.75) is 33.0 Å². The zero-order valence-corrected chi connectivity index (χ0v) is 7.95. The van der Waals surface area contributed by atoms with Crippen LogP contribution in [-0.4, -0.2) is 19.5 Å². The summed E-state index contributed by atoms with van der Waals surface area (Å²) in [5.74, 6) is 2.15. The van der Waals surface area contributed by atoms with Crippen molar-refractivity contribution < 1.29 is 9.47 Å². The number of hydrogen-bond donors (Lipinski definition) is 0. The molecule has 2 heteroatoms. The van der Waals surface area contributed by atoms with Gasteiger partial charge in [-0.15, -0.1) is 0 Å². The maximum atomic E-state index is 5.61. The van der Waals surface area contributed by atoms with Gasteiger partial charge in [-0.05, 0) is 24.7 Å². The van der Waals surface area contributed by atoms with Gasteiger partial charge in [0.1, 0.15) is 0 Å². The van der Waals surface area contributed by atoms with E-state index >= 15 is 0 Å². The van der Waals surface area contributed by atoms with Crippen LogP contribution in [0.15, 0.2) is 0 Å². The van der Waals surface area contributed by atoms with Gasteiger partial charge >= 0.3 is 0 Å². The molecule has 0 saturated carbocycles. The minimum atomic E-state index is 0.131. The summed E-state index contributed by atoms with van der Waals surface area (Å²) in [4.78, 5) is 0. The van der Waals surface area contributed by atoms with Crippen LogP contribution < -0.4 is 0 Å². The molecule has 0 N–H and O–H groups in total. The summed E-state index contributed by atoms with van der Waals surface area (Å²) < 4.78 is 11.2. The molecule has 0 unspecified atom stereocenters. The maximum Gasteiger partial charge on any atom is 0.160 e. The Balaban J connectivity index is 2.01. The fraction of sp³-hybridized carbons (Fsp3) is 1.00. The van der Waals surface area contributed by atoms with Gasteiger partial charge in [0.15, 0.2) is 6.29 Å². The first-order chi connectivity index (χ1) is 5.79. The molecule has 2 fully saturated rings. The zero-order valence-electron chi connectivity index (χ0n) is 7.95. The zero-order chi connectivity index (χ0) is 8.55. The van der Waals surface area contributed by atoms with E-state index in [0.717, 1.165) is 25.0 Å². The molecule has 0 spiro atoms. The Morgan fingerprint density at radius 3 is 2.83 bits per heavy atom. The smallest absolute Gasteiger partial charge is 0.160 e. The Kier molecular flexibility index (Phi) is 2.37. The van der Waals surface area contributed by atoms with Crippen LogP contribution in [0.3, 0.4) is 0 Å². The molecule has 0 bridgehead atoms. The van der Waals surface area contributed by atoms with Gasteiger partial charge in [0.2, 0.25) is 0 Å². The molecule has 2 nitrogen and oxygen atoms in total. The highest BCUT2D eigenvalue weighted by Crippen LogP contribution is 2.38. The van der Waals surface area contributed by atoms with Crippen LogP contribution >= 0.6 is 0 Å². The van der Waals surface area contributed by atoms with Gasteiger partial charge in [-0.3, -0.25) is 0 Å². The molecular weight excluding hydrogens is 152 g/mol. The summed E-state index contributed by atoms with van der Waals surface area (Å²) in [5.41, 5.74) is 0. The normalized spacial score (nSPS) is 41.8. The van der Waals surface area contributed by atoms with Gasteiger partial charge < -0.3 is 9.47 Å². The second-order valence-corrected chi connectivity index (χ2v) is 4.29. The SMILES string of the molecule is CC(C)[C@H]1CO[C@H]2OCCC[C@@H]21. The summed E-state index contributed by atoms with van der Waals surface area (Å²) in [6.45, 7) is 6.37. The molecule has 0 radical (unpaired) electrons. The Morgan fingerprint density at radius 1 is 1.25 bits per heavy atom. The molecule has 0 aliphatic carbocycles. The van der Waals surface area contributed by atoms with E-state index in [-0.39, 0.29) is 6.29 Å². The average molecular weight is 170 g/mol. The van der Waals surface area contributed by atoms with Crippen molar-refractivity contribution in [2.24, 2.45) is 17.8 Å². The average Bonchev–Trinajstić information content (AvgIpc) is 2.47. The Morgan fingerprint density at radius 2 is 2.08 bits per heavy atom. The first-order valence-corrected chi connectivity index (χ1v) is 5.02. The highest BCUT2D eigenvalue weighted by atomic mass is 16.7. The molecule has 0 amide bonds. The number of hydrogen-bond acceptors (Lipinski definition) is 2. The van der Waals surface area contributed by atoms with Gasteiger partial charge in [0.25, 0.3) is 0 Å². The van der Waals surface area contributed by atoms with Crippen molar-refractivity contribution in [1.82, 2.24) is 0 Å². The van der Waals surface area contributed by atoms with Crippen LogP contribution in [-0.2, 0) is 9.47 Å². The molecule has 0 aromatic heterocycles. The third-order valence-electron chi connectivity index (χ3n) is 3.17. The van der Waals surface area contributed by atoms with Gasteiger partial charge in [-0.25, -0.2) is 0 Å². The van der Waals surface area contributed by atoms with Crippen LogP contribution in [0.25, 0.3) is 0 Å². The number of ether oxygens (including phenoxy) is 2. The van der Waals surface area contributed by atoms with Crippen LogP contribution in [0.1, 0.15) is 26.7 Å². The largest absolute Gasteiger partial charge is 0.352 e. The third kappa shape index (κ3) is 1.38. The van der Waals surface area contributed by atoms with Crippen LogP contribution in [0.5, 0.6) is 0 Å². The summed E-state index contributed by atoms with van der Waals surface area (Å²) in [6.07, 6.45) is 2.65. The Bertz CT molecular complexity index is 156. The van der Waals surface area contributed by atoms with Crippen molar-refractivity contribution >= 4 is 0 Å². The molecule has 2 heterocycles. The molecule has 3 atom stereocenters. The van der Waals surface area contributed by atoms with E-state index in [4.69, 9.17) is 9.47 Å². The van der Waals surface area contributed by atoms with Gasteiger partial charge in [0, 0.05) is 12.5 Å². The minimum absolute atomic E-state index is 0.131. The van der Waals surface area contributed by atoms with E-state index in [2.05, 4.69) is 13.8 Å². The van der Waals surface area contributed by atoms with Crippen molar-refractivity contribution in [3.05, 3.63) is 0 Å². The second kappa shape index (κ2) is 3.35. The van der Waals surface area contributed by atoms with Crippen molar-refractivity contribution in [1.29, 1.82) is 0 Å². The molecule has 70 valence electrons. The van der Waals surface area contributed by atoms with Crippen LogP contribution in [0.2, 0.25) is 0 Å². The number of fused-ring (bicyclic) bond motifs is 1. The van der Waals surface area contributed by atoms with E-state index in [0.29, 0.717) is 5.92 Å². The molecule has 2 saturated heterocycles. The summed E-state index contributed by atoms with van der Waals surface area (Å²) in [7, 11) is 0. The topological polar surface area (TPSA) is 18.5 Å². The quantitative estimate of drug-likeness (QED) is 0.599. The van der Waals surface area contributed by atoms with Crippen LogP contribution in [0, 0.1) is 17.8 Å². The lowest BCUT2D eigenvalue weighted by Gasteiger charge is -2.28. The van der Waals surface area contributed by atoms with E-state index in [1.165, 1.54) is 12.8 Å². The third-order valence-corrected chi connectivity index (χ3v) is 3.17. The highest BCUT2D eigenvalue weighted by Gasteiger charge is 2.40. The summed E-state index contributed by atoms with van der Waals surface area (Å²) in [6, 6.07) is 0. The maximum absolute atomic E-state index is 5.61. The second-order valence-electron chi connectivity index (χ2n) is 4.29. The Hall–Kier alpha value is -0.0800. The summed E-state index contributed by atoms with van der Waals surface area (Å²) >= 11 is 0. The van der Waals surface area contributed by atoms with E-state index < -0.39 is 0 Å². The van der Waals surface area contributed by atoms with Crippen LogP contribution in [0.4, 0.5) is 0 Å². The minimum Gasteiger partial charge on any atom is -0.352 e. The molecule has 0 aromatic carbocycles. The highest BCUT2D eigenvalue weighted by molar-refractivity contribution is 4.83. The first-order valence-electron chi connectivity index (χ1n) is 5.02. The van der Waals surface area contributed by atoms with Gasteiger partial charge in [0.05, 0.1) is 6.61 Å². The lowest BCUT2D eigenvalue weighted by Crippen LogP contribution is -2.30. The van der Waals surface area contributed by atoms with Gasteiger partial charge in [-0.2, -0.15) is 0 Å². The predicted molar refractivity (Wildman–Crippen MR) is 46.7 cm³/mol. The summed E-state index contributed by atoms with van der Waals surface area (Å²) in [5, 5.41) is 0. The van der Waals surface area contributed by atoms with Crippen molar-refractivity contribution in [2.75, 3.05) is 13.2 Å². The molecule has 0 aromatic rings. The monoisotopic (exact) mass is 170 g/mol. The standard InChI is InChI=1S/C10H18O2/c1-7(2)9-6-12-10-8(9)4-3-5-11-10/h7-10H,3-6H2,1-2H3/t8-,9-,10-/m1/s1. The number of rotatable bonds is 1. The fourth-order valence-corrected chi connectivity index (χ4v) is 2.38. The van der Waals surface area contributed by atoms with E-state index in [1.807, 2.05) is 0 Å². The Labute approximate surface area is 74.2 Å². The molecular formula is C10H18O2. The first kappa shape index (κ1) is 8.52. The lowest BCUT2D eigenvalue weighted by atomic mass is 9.82. The van der Waals surface area contributed by atoms with E-state index in [1.54, 1.807) is 0 Å². The molecule has 2 aliphatic rings. The van der Waals surface area contributed by atoms with Crippen molar-refractivity contribution in [3.63, 3.8) is 0 Å². The molecule has 2 aliphatic heterocycles. The fourth-order valence-electron chi connectivity index (χ4n) is 2.38. The predicted octanol–water partition coefficient (Wildman–Crippen LogP) is 2.04. The molecule has 12 heavy (non-hydrogen) atoms. The van der Waals surface area contributed by atoms with Crippen molar-refractivity contribution in [3.8, 4) is 0 Å².